The van der Waals surface area contributed by atoms with Crippen molar-refractivity contribution < 1.29 is 20.1 Å². The van der Waals surface area contributed by atoms with Crippen molar-refractivity contribution in [1.82, 2.24) is 28.7 Å². The molecule has 0 spiro atoms. The molecule has 0 bridgehead atoms. The van der Waals surface area contributed by atoms with E-state index in [0.29, 0.717) is 21.6 Å². The van der Waals surface area contributed by atoms with Gasteiger partial charge in [-0.1, -0.05) is 12.2 Å². The Morgan fingerprint density at radius 3 is 2.78 bits per heavy atom. The molecule has 0 saturated carbocycles. The monoisotopic (exact) mass is 338 g/mol. The maximum absolute atomic E-state index is 10.2. The summed E-state index contributed by atoms with van der Waals surface area (Å²) in [7, 11) is 1.78. The number of nitrogens with zero attached hydrogens (tertiary/aromatic N) is 6. The van der Waals surface area contributed by atoms with Gasteiger partial charge in [0.1, 0.15) is 30.2 Å². The van der Waals surface area contributed by atoms with E-state index in [2.05, 4.69) is 15.1 Å². The zero-order valence-electron chi connectivity index (χ0n) is 12.0. The number of imidazole rings is 1. The van der Waals surface area contributed by atoms with Gasteiger partial charge in [-0.2, -0.15) is 14.6 Å². The number of aliphatic hydroxyl groups is 3. The molecule has 10 nitrogen and oxygen atoms in total. The first kappa shape index (κ1) is 14.7. The Bertz CT molecular complexity index is 948. The quantitative estimate of drug-likeness (QED) is 0.496. The van der Waals surface area contributed by atoms with Crippen LogP contribution in [-0.4, -0.2) is 69.0 Å². The van der Waals surface area contributed by atoms with Crippen LogP contribution in [0.15, 0.2) is 12.7 Å². The van der Waals surface area contributed by atoms with Crippen molar-refractivity contribution in [1.29, 1.82) is 0 Å². The third-order valence-electron chi connectivity index (χ3n) is 4.00. The van der Waals surface area contributed by atoms with E-state index in [1.807, 2.05) is 0 Å². The molecular weight excluding hydrogens is 324 g/mol. The minimum atomic E-state index is -1.21. The number of aryl methyl sites for hydroxylation is 1. The highest BCUT2D eigenvalue weighted by molar-refractivity contribution is 7.71. The van der Waals surface area contributed by atoms with Gasteiger partial charge in [0.05, 0.1) is 12.9 Å². The van der Waals surface area contributed by atoms with Crippen molar-refractivity contribution in [3.05, 3.63) is 17.3 Å². The summed E-state index contributed by atoms with van der Waals surface area (Å²) < 4.78 is 10.6. The zero-order valence-corrected chi connectivity index (χ0v) is 12.8. The van der Waals surface area contributed by atoms with Crippen molar-refractivity contribution in [3.8, 4) is 0 Å². The molecule has 0 radical (unpaired) electrons. The summed E-state index contributed by atoms with van der Waals surface area (Å²) in [4.78, 5) is 8.70. The zero-order chi connectivity index (χ0) is 16.3. The third kappa shape index (κ3) is 1.95. The van der Waals surface area contributed by atoms with Crippen LogP contribution in [-0.2, 0) is 11.8 Å². The van der Waals surface area contributed by atoms with Crippen molar-refractivity contribution >= 4 is 29.2 Å². The summed E-state index contributed by atoms with van der Waals surface area (Å²) >= 11 is 5.37. The molecule has 0 aromatic carbocycles. The van der Waals surface area contributed by atoms with Crippen LogP contribution in [0.1, 0.15) is 6.23 Å². The lowest BCUT2D eigenvalue weighted by molar-refractivity contribution is -0.0511. The number of ether oxygens (including phenoxy) is 1. The molecule has 1 aliphatic rings. The number of fused-ring (bicyclic) bond motifs is 2. The van der Waals surface area contributed by atoms with Crippen LogP contribution in [0.4, 0.5) is 0 Å². The third-order valence-corrected chi connectivity index (χ3v) is 4.37. The molecule has 4 rings (SSSR count). The molecular formula is C12H14N6O4S. The second kappa shape index (κ2) is 5.04. The number of rotatable bonds is 2. The molecule has 3 N–H and O–H groups in total. The maximum Gasteiger partial charge on any atom is 0.235 e. The van der Waals surface area contributed by atoms with Gasteiger partial charge < -0.3 is 24.6 Å². The normalized spacial score (nSPS) is 28.2. The molecule has 0 amide bonds. The first-order valence-corrected chi connectivity index (χ1v) is 7.33. The van der Waals surface area contributed by atoms with Gasteiger partial charge in [-0.25, -0.2) is 4.98 Å². The fourth-order valence-electron chi connectivity index (χ4n) is 2.76. The molecule has 122 valence electrons. The fraction of sp³-hybridized carbons (Fsp3) is 0.500. The minimum absolute atomic E-state index is 0.385. The van der Waals surface area contributed by atoms with Crippen LogP contribution >= 0.6 is 12.2 Å². The standard InChI is InChI=1S/C12H14N6O4S/c1-16-4-14-18-11(23)6-9(15-12(16)18)17(3-13-6)10-8(21)7(20)5(2-19)22-10/h3-5,7-8,10,19-21H,2H2,1H3/t5-,7-,8-,10-/m1/s1. The van der Waals surface area contributed by atoms with Crippen LogP contribution in [0.3, 0.4) is 0 Å². The average Bonchev–Trinajstić information content (AvgIpc) is 3.20. The summed E-state index contributed by atoms with van der Waals surface area (Å²) in [5.41, 5.74) is 0.849. The van der Waals surface area contributed by atoms with E-state index < -0.39 is 31.1 Å². The van der Waals surface area contributed by atoms with Crippen molar-refractivity contribution in [2.45, 2.75) is 24.5 Å². The van der Waals surface area contributed by atoms with E-state index in [0.717, 1.165) is 0 Å². The van der Waals surface area contributed by atoms with Crippen molar-refractivity contribution in [2.75, 3.05) is 6.61 Å². The lowest BCUT2D eigenvalue weighted by Gasteiger charge is -2.16. The fourth-order valence-corrected chi connectivity index (χ4v) is 3.03. The first-order valence-electron chi connectivity index (χ1n) is 6.92. The van der Waals surface area contributed by atoms with Gasteiger partial charge in [0.15, 0.2) is 16.5 Å². The second-order valence-corrected chi connectivity index (χ2v) is 5.81. The van der Waals surface area contributed by atoms with E-state index >= 15 is 0 Å². The molecule has 4 atom stereocenters. The summed E-state index contributed by atoms with van der Waals surface area (Å²) in [5.74, 6) is 0.510. The molecule has 23 heavy (non-hydrogen) atoms. The summed E-state index contributed by atoms with van der Waals surface area (Å²) in [5, 5.41) is 33.4. The topological polar surface area (TPSA) is 123 Å². The van der Waals surface area contributed by atoms with Crippen LogP contribution < -0.4 is 0 Å². The molecule has 1 aliphatic heterocycles. The van der Waals surface area contributed by atoms with Crippen molar-refractivity contribution in [3.63, 3.8) is 0 Å². The molecule has 11 heteroatoms. The van der Waals surface area contributed by atoms with E-state index in [1.54, 1.807) is 17.9 Å². The molecule has 4 heterocycles. The second-order valence-electron chi connectivity index (χ2n) is 5.42. The van der Waals surface area contributed by atoms with Gasteiger partial charge in [-0.3, -0.25) is 4.57 Å². The molecule has 3 aromatic heterocycles. The predicted octanol–water partition coefficient (Wildman–Crippen LogP) is -1.24. The Hall–Kier alpha value is -1.92. The largest absolute Gasteiger partial charge is 0.394 e. The Morgan fingerprint density at radius 1 is 1.30 bits per heavy atom. The van der Waals surface area contributed by atoms with Gasteiger partial charge >= 0.3 is 0 Å². The lowest BCUT2D eigenvalue weighted by atomic mass is 10.1. The van der Waals surface area contributed by atoms with E-state index in [1.165, 1.54) is 15.4 Å². The van der Waals surface area contributed by atoms with E-state index in [9.17, 15) is 15.3 Å². The summed E-state index contributed by atoms with van der Waals surface area (Å²) in [6.45, 7) is -0.400. The van der Waals surface area contributed by atoms with Crippen LogP contribution in [0.2, 0.25) is 0 Å². The molecule has 1 fully saturated rings. The number of hydrogen-bond acceptors (Lipinski definition) is 8. The van der Waals surface area contributed by atoms with E-state index in [4.69, 9.17) is 17.0 Å². The van der Waals surface area contributed by atoms with Gasteiger partial charge in [0, 0.05) is 7.05 Å². The Kier molecular flexibility index (Phi) is 3.21. The smallest absolute Gasteiger partial charge is 0.235 e. The number of aromatic nitrogens is 6. The molecule has 0 unspecified atom stereocenters. The van der Waals surface area contributed by atoms with Crippen LogP contribution in [0, 0.1) is 4.64 Å². The average molecular weight is 338 g/mol. The summed E-state index contributed by atoms with van der Waals surface area (Å²) in [6, 6.07) is 0. The Labute approximate surface area is 134 Å². The first-order chi connectivity index (χ1) is 11.0. The van der Waals surface area contributed by atoms with Crippen molar-refractivity contribution in [2.24, 2.45) is 7.05 Å². The van der Waals surface area contributed by atoms with Gasteiger partial charge in [0.2, 0.25) is 5.78 Å². The summed E-state index contributed by atoms with van der Waals surface area (Å²) in [6.07, 6.45) is -1.17. The van der Waals surface area contributed by atoms with Gasteiger partial charge in [0.25, 0.3) is 0 Å². The van der Waals surface area contributed by atoms with Crippen LogP contribution in [0.5, 0.6) is 0 Å². The highest BCUT2D eigenvalue weighted by Gasteiger charge is 2.44. The lowest BCUT2D eigenvalue weighted by Crippen LogP contribution is -2.33. The number of aliphatic hydroxyl groups excluding tert-OH is 3. The maximum atomic E-state index is 10.2. The van der Waals surface area contributed by atoms with Gasteiger partial charge in [-0.05, 0) is 0 Å². The van der Waals surface area contributed by atoms with Crippen LogP contribution in [0.25, 0.3) is 16.9 Å². The van der Waals surface area contributed by atoms with E-state index in [-0.39, 0.29) is 0 Å². The molecule has 0 aliphatic carbocycles. The SMILES string of the molecule is Cn1cnn2c(=S)c3ncn([C@@H]4O[C@H](CO)[C@@H](O)[C@H]4O)c3nc12. The molecule has 1 saturated heterocycles. The predicted molar refractivity (Wildman–Crippen MR) is 79.1 cm³/mol. The Balaban J connectivity index is 1.92. The minimum Gasteiger partial charge on any atom is -0.394 e. The highest BCUT2D eigenvalue weighted by Crippen LogP contribution is 2.31. The molecule has 3 aromatic rings. The Morgan fingerprint density at radius 2 is 2.09 bits per heavy atom. The van der Waals surface area contributed by atoms with Gasteiger partial charge in [-0.15, -0.1) is 0 Å². The number of hydrogen-bond donors (Lipinski definition) is 3. The highest BCUT2D eigenvalue weighted by atomic mass is 32.1.